The molecule has 12 heteroatoms. The van der Waals surface area contributed by atoms with Crippen molar-refractivity contribution in [3.8, 4) is 0 Å². The van der Waals surface area contributed by atoms with Gasteiger partial charge in [-0.2, -0.15) is 18.3 Å². The summed E-state index contributed by atoms with van der Waals surface area (Å²) in [6.45, 7) is 0. The van der Waals surface area contributed by atoms with Gasteiger partial charge in [-0.05, 0) is 30.3 Å². The van der Waals surface area contributed by atoms with Gasteiger partial charge in [-0.25, -0.2) is 13.2 Å². The van der Waals surface area contributed by atoms with E-state index in [1.807, 2.05) is 0 Å². The van der Waals surface area contributed by atoms with E-state index in [9.17, 15) is 31.1 Å². The number of halogens is 7. The van der Waals surface area contributed by atoms with E-state index in [-0.39, 0.29) is 21.4 Å². The lowest BCUT2D eigenvalue weighted by Gasteiger charge is -2.20. The fraction of sp³-hybridized carbons (Fsp3) is 0.111. The highest BCUT2D eigenvalue weighted by molar-refractivity contribution is 7.99. The number of benzene rings is 2. The predicted octanol–water partition coefficient (Wildman–Crippen LogP) is 5.96. The Balaban J connectivity index is 2.21. The Hall–Kier alpha value is -2.66. The largest absolute Gasteiger partial charge is 0.437 e. The van der Waals surface area contributed by atoms with E-state index >= 15 is 0 Å². The van der Waals surface area contributed by atoms with Crippen LogP contribution in [0.15, 0.2) is 46.3 Å². The zero-order chi connectivity index (χ0) is 22.2. The Labute approximate surface area is 175 Å². The molecule has 158 valence electrons. The molecule has 0 unspecified atom stereocenters. The van der Waals surface area contributed by atoms with Crippen LogP contribution >= 0.6 is 23.4 Å². The lowest BCUT2D eigenvalue weighted by atomic mass is 10.2. The van der Waals surface area contributed by atoms with E-state index in [2.05, 4.69) is 5.10 Å². The smallest absolute Gasteiger partial charge is 0.278 e. The van der Waals surface area contributed by atoms with Crippen molar-refractivity contribution in [3.63, 3.8) is 0 Å². The number of amides is 1. The summed E-state index contributed by atoms with van der Waals surface area (Å²) in [7, 11) is 1.19. The number of hydrogen-bond donors (Lipinski definition) is 0. The molecule has 0 saturated heterocycles. The van der Waals surface area contributed by atoms with Crippen molar-refractivity contribution >= 4 is 41.1 Å². The van der Waals surface area contributed by atoms with E-state index in [4.69, 9.17) is 11.6 Å². The summed E-state index contributed by atoms with van der Waals surface area (Å²) in [6, 6.07) is 5.51. The first-order chi connectivity index (χ1) is 14.0. The van der Waals surface area contributed by atoms with Gasteiger partial charge in [-0.15, -0.1) is 0 Å². The molecule has 4 nitrogen and oxygen atoms in total. The third-order valence-corrected chi connectivity index (χ3v) is 5.29. The molecule has 0 fully saturated rings. The predicted molar refractivity (Wildman–Crippen MR) is 98.3 cm³/mol. The average Bonchev–Trinajstić information content (AvgIpc) is 2.97. The molecule has 0 N–H and O–H groups in total. The minimum Gasteiger partial charge on any atom is -0.278 e. The summed E-state index contributed by atoms with van der Waals surface area (Å²) >= 11 is 6.42. The Morgan fingerprint density at radius 2 is 1.80 bits per heavy atom. The minimum atomic E-state index is -5.00. The molecule has 0 aliphatic rings. The molecule has 1 amide bonds. The maximum absolute atomic E-state index is 14.2. The highest BCUT2D eigenvalue weighted by Gasteiger charge is 2.42. The minimum absolute atomic E-state index is 0.0374. The summed E-state index contributed by atoms with van der Waals surface area (Å²) in [4.78, 5) is 12.3. The summed E-state index contributed by atoms with van der Waals surface area (Å²) in [5.41, 5.74) is -2.84. The van der Waals surface area contributed by atoms with Crippen LogP contribution in [0.5, 0.6) is 0 Å². The standard InChI is InChI=1S/C18H10ClF6N3OS/c1-27-17(30-10-3-4-12(21)11(19)7-10)15(16(26-27)18(23,24)25)28(8-29)14-5-2-9(20)6-13(14)22/h2-8H,1H3. The van der Waals surface area contributed by atoms with Crippen LogP contribution in [0.2, 0.25) is 5.02 Å². The van der Waals surface area contributed by atoms with Crippen molar-refractivity contribution in [2.45, 2.75) is 16.1 Å². The van der Waals surface area contributed by atoms with Gasteiger partial charge in [-0.3, -0.25) is 14.4 Å². The van der Waals surface area contributed by atoms with Gasteiger partial charge in [-0.1, -0.05) is 23.4 Å². The lowest BCUT2D eigenvalue weighted by molar-refractivity contribution is -0.140. The Kier molecular flexibility index (Phi) is 6.04. The third kappa shape index (κ3) is 4.26. The molecular weight excluding hydrogens is 456 g/mol. The maximum Gasteiger partial charge on any atom is 0.437 e. The van der Waals surface area contributed by atoms with Gasteiger partial charge in [0.1, 0.15) is 28.2 Å². The van der Waals surface area contributed by atoms with Gasteiger partial charge >= 0.3 is 6.18 Å². The van der Waals surface area contributed by atoms with Crippen molar-refractivity contribution < 1.29 is 31.1 Å². The van der Waals surface area contributed by atoms with Gasteiger partial charge < -0.3 is 0 Å². The van der Waals surface area contributed by atoms with Crippen molar-refractivity contribution in [1.82, 2.24) is 9.78 Å². The molecule has 0 saturated carbocycles. The number of hydrogen-bond acceptors (Lipinski definition) is 3. The van der Waals surface area contributed by atoms with E-state index in [1.165, 1.54) is 19.2 Å². The fourth-order valence-electron chi connectivity index (χ4n) is 2.58. The van der Waals surface area contributed by atoms with E-state index in [0.29, 0.717) is 22.7 Å². The van der Waals surface area contributed by atoms with E-state index in [0.717, 1.165) is 22.9 Å². The Morgan fingerprint density at radius 3 is 2.37 bits per heavy atom. The lowest BCUT2D eigenvalue weighted by Crippen LogP contribution is -2.20. The molecule has 3 rings (SSSR count). The van der Waals surface area contributed by atoms with Crippen molar-refractivity contribution in [2.24, 2.45) is 7.05 Å². The van der Waals surface area contributed by atoms with Crippen LogP contribution in [0.25, 0.3) is 0 Å². The first-order valence-electron chi connectivity index (χ1n) is 7.99. The Morgan fingerprint density at radius 1 is 1.10 bits per heavy atom. The summed E-state index contributed by atoms with van der Waals surface area (Å²) in [5, 5.41) is 2.95. The second kappa shape index (κ2) is 8.23. The zero-order valence-electron chi connectivity index (χ0n) is 14.8. The van der Waals surface area contributed by atoms with Crippen molar-refractivity contribution in [1.29, 1.82) is 0 Å². The van der Waals surface area contributed by atoms with Crippen LogP contribution in [0.1, 0.15) is 5.69 Å². The molecule has 1 aromatic heterocycles. The van der Waals surface area contributed by atoms with Crippen molar-refractivity contribution in [3.05, 3.63) is 64.6 Å². The number of anilines is 2. The Bertz CT molecular complexity index is 1120. The van der Waals surface area contributed by atoms with Gasteiger partial charge in [0, 0.05) is 18.0 Å². The van der Waals surface area contributed by atoms with Crippen LogP contribution in [-0.4, -0.2) is 16.2 Å². The SMILES string of the molecule is Cn1nc(C(F)(F)F)c(N(C=O)c2ccc(F)cc2F)c1Sc1ccc(F)c(Cl)c1. The highest BCUT2D eigenvalue weighted by atomic mass is 35.5. The number of carbonyl (C=O) groups excluding carboxylic acids is 1. The molecule has 0 bridgehead atoms. The second-order valence-corrected chi connectivity index (χ2v) is 7.34. The highest BCUT2D eigenvalue weighted by Crippen LogP contribution is 2.46. The third-order valence-electron chi connectivity index (χ3n) is 3.86. The van der Waals surface area contributed by atoms with Crippen molar-refractivity contribution in [2.75, 3.05) is 4.90 Å². The van der Waals surface area contributed by atoms with Crippen LogP contribution < -0.4 is 4.90 Å². The number of aromatic nitrogens is 2. The average molecular weight is 466 g/mol. The van der Waals surface area contributed by atoms with Crippen LogP contribution in [0, 0.1) is 17.5 Å². The summed E-state index contributed by atoms with van der Waals surface area (Å²) in [5.74, 6) is -2.95. The zero-order valence-corrected chi connectivity index (χ0v) is 16.4. The first kappa shape index (κ1) is 22.0. The summed E-state index contributed by atoms with van der Waals surface area (Å²) in [6.07, 6.45) is -5.03. The second-order valence-electron chi connectivity index (χ2n) is 5.87. The summed E-state index contributed by atoms with van der Waals surface area (Å²) < 4.78 is 82.6. The number of nitrogens with zero attached hydrogens (tertiary/aromatic N) is 3. The number of alkyl halides is 3. The molecule has 0 radical (unpaired) electrons. The molecule has 0 aliphatic heterocycles. The molecule has 0 spiro atoms. The van der Waals surface area contributed by atoms with Crippen LogP contribution in [0.4, 0.5) is 37.7 Å². The van der Waals surface area contributed by atoms with Crippen LogP contribution in [-0.2, 0) is 18.0 Å². The number of rotatable bonds is 5. The molecular formula is C18H10ClF6N3OS. The molecule has 0 atom stereocenters. The van der Waals surface area contributed by atoms with Gasteiger partial charge in [0.2, 0.25) is 6.41 Å². The monoisotopic (exact) mass is 465 g/mol. The van der Waals surface area contributed by atoms with E-state index < -0.39 is 40.7 Å². The topological polar surface area (TPSA) is 38.1 Å². The van der Waals surface area contributed by atoms with E-state index in [1.54, 1.807) is 0 Å². The maximum atomic E-state index is 14.2. The van der Waals surface area contributed by atoms with Gasteiger partial charge in [0.05, 0.1) is 10.7 Å². The molecule has 30 heavy (non-hydrogen) atoms. The van der Waals surface area contributed by atoms with Crippen LogP contribution in [0.3, 0.4) is 0 Å². The molecule has 3 aromatic rings. The van der Waals surface area contributed by atoms with Gasteiger partial charge in [0.25, 0.3) is 0 Å². The molecule has 1 heterocycles. The first-order valence-corrected chi connectivity index (χ1v) is 9.19. The fourth-order valence-corrected chi connectivity index (χ4v) is 3.82. The molecule has 2 aromatic carbocycles. The normalized spacial score (nSPS) is 11.6. The quantitative estimate of drug-likeness (QED) is 0.345. The molecule has 0 aliphatic carbocycles. The number of carbonyl (C=O) groups is 1. The number of aryl methyl sites for hydroxylation is 1. The van der Waals surface area contributed by atoms with Gasteiger partial charge in [0.15, 0.2) is 5.69 Å².